The van der Waals surface area contributed by atoms with E-state index in [2.05, 4.69) is 4.74 Å². The molecule has 1 aromatic rings. The van der Waals surface area contributed by atoms with Gasteiger partial charge in [-0.05, 0) is 12.1 Å². The highest BCUT2D eigenvalue weighted by Crippen LogP contribution is 2.21. The molecule has 0 bridgehead atoms. The van der Waals surface area contributed by atoms with Crippen LogP contribution in [0.15, 0.2) is 24.3 Å². The van der Waals surface area contributed by atoms with Gasteiger partial charge in [-0.15, -0.1) is 0 Å². The van der Waals surface area contributed by atoms with Gasteiger partial charge in [-0.2, -0.15) is 0 Å². The molecule has 1 atom stereocenters. The second-order valence-corrected chi connectivity index (χ2v) is 3.56. The molecule has 16 heavy (non-hydrogen) atoms. The van der Waals surface area contributed by atoms with E-state index in [9.17, 15) is 14.7 Å². The molecule has 1 N–H and O–H groups in total. The molecule has 4 nitrogen and oxygen atoms in total. The van der Waals surface area contributed by atoms with E-state index >= 15 is 0 Å². The lowest BCUT2D eigenvalue weighted by atomic mass is 9.96. The van der Waals surface area contributed by atoms with Crippen molar-refractivity contribution in [3.05, 3.63) is 29.8 Å². The second-order valence-electron chi connectivity index (χ2n) is 3.56. The largest absolute Gasteiger partial charge is 0.507 e. The summed E-state index contributed by atoms with van der Waals surface area (Å²) in [5.41, 5.74) is 0.235. The Kier molecular flexibility index (Phi) is 4.05. The first kappa shape index (κ1) is 12.2. The predicted molar refractivity (Wildman–Crippen MR) is 58.2 cm³/mol. The van der Waals surface area contributed by atoms with Crippen molar-refractivity contribution in [2.45, 2.75) is 13.3 Å². The first-order valence-electron chi connectivity index (χ1n) is 4.95. The molecule has 4 heteroatoms. The molecule has 0 spiro atoms. The quantitative estimate of drug-likeness (QED) is 0.623. The van der Waals surface area contributed by atoms with Crippen LogP contribution in [0.4, 0.5) is 0 Å². The predicted octanol–water partition coefficient (Wildman–Crippen LogP) is 1.77. The van der Waals surface area contributed by atoms with E-state index in [1.54, 1.807) is 19.1 Å². The summed E-state index contributed by atoms with van der Waals surface area (Å²) in [5.74, 6) is -1.26. The molecule has 0 aliphatic rings. The number of methoxy groups -OCH3 is 1. The number of Topliss-reactive ketones (excluding diaryl/α,β-unsaturated/α-hetero) is 1. The van der Waals surface area contributed by atoms with Crippen LogP contribution in [0.25, 0.3) is 0 Å². The number of phenols is 1. The van der Waals surface area contributed by atoms with Crippen molar-refractivity contribution < 1.29 is 19.4 Å². The Balaban J connectivity index is 2.79. The number of rotatable bonds is 4. The van der Waals surface area contributed by atoms with E-state index in [1.165, 1.54) is 19.2 Å². The lowest BCUT2D eigenvalue weighted by Gasteiger charge is -2.09. The Morgan fingerprint density at radius 2 is 2.00 bits per heavy atom. The minimum atomic E-state index is -0.499. The van der Waals surface area contributed by atoms with Gasteiger partial charge >= 0.3 is 5.97 Å². The van der Waals surface area contributed by atoms with Gasteiger partial charge in [0.15, 0.2) is 5.78 Å². The third-order valence-electron chi connectivity index (χ3n) is 2.32. The van der Waals surface area contributed by atoms with Gasteiger partial charge in [0, 0.05) is 5.92 Å². The summed E-state index contributed by atoms with van der Waals surface area (Å²) < 4.78 is 4.48. The van der Waals surface area contributed by atoms with Crippen LogP contribution in [0.5, 0.6) is 5.75 Å². The zero-order chi connectivity index (χ0) is 12.1. The fourth-order valence-electron chi connectivity index (χ4n) is 1.37. The number of carbonyl (C=O) groups is 2. The third-order valence-corrected chi connectivity index (χ3v) is 2.32. The van der Waals surface area contributed by atoms with Crippen LogP contribution in [0, 0.1) is 5.92 Å². The maximum Gasteiger partial charge on any atom is 0.306 e. The van der Waals surface area contributed by atoms with E-state index in [-0.39, 0.29) is 23.5 Å². The number of carbonyl (C=O) groups excluding carboxylic acids is 2. The lowest BCUT2D eigenvalue weighted by molar-refractivity contribution is -0.141. The van der Waals surface area contributed by atoms with E-state index in [0.717, 1.165) is 0 Å². The standard InChI is InChI=1S/C12H14O4/c1-8(7-11(14)16-2)12(15)9-5-3-4-6-10(9)13/h3-6,8,13H,7H2,1-2H3. The third kappa shape index (κ3) is 2.82. The van der Waals surface area contributed by atoms with Crippen molar-refractivity contribution in [1.82, 2.24) is 0 Å². The molecule has 0 saturated carbocycles. The molecule has 0 fully saturated rings. The zero-order valence-corrected chi connectivity index (χ0v) is 9.27. The molecule has 0 saturated heterocycles. The number of benzene rings is 1. The van der Waals surface area contributed by atoms with E-state index in [0.29, 0.717) is 0 Å². The van der Waals surface area contributed by atoms with Crippen LogP contribution in [0.1, 0.15) is 23.7 Å². The lowest BCUT2D eigenvalue weighted by Crippen LogP contribution is -2.16. The molecule has 0 heterocycles. The van der Waals surface area contributed by atoms with Gasteiger partial charge in [-0.1, -0.05) is 19.1 Å². The topological polar surface area (TPSA) is 63.6 Å². The van der Waals surface area contributed by atoms with Crippen LogP contribution in [-0.2, 0) is 9.53 Å². The van der Waals surface area contributed by atoms with Crippen LogP contribution >= 0.6 is 0 Å². The van der Waals surface area contributed by atoms with Crippen molar-refractivity contribution in [2.75, 3.05) is 7.11 Å². The average Bonchev–Trinajstić information content (AvgIpc) is 2.28. The van der Waals surface area contributed by atoms with Gasteiger partial charge in [0.25, 0.3) is 0 Å². The maximum atomic E-state index is 11.8. The highest BCUT2D eigenvalue weighted by molar-refractivity contribution is 6.01. The van der Waals surface area contributed by atoms with Gasteiger partial charge in [0.2, 0.25) is 0 Å². The van der Waals surface area contributed by atoms with Gasteiger partial charge in [0.05, 0.1) is 19.1 Å². The molecule has 0 aliphatic carbocycles. The first-order chi connectivity index (χ1) is 7.56. The summed E-state index contributed by atoms with van der Waals surface area (Å²) in [6.45, 7) is 1.63. The van der Waals surface area contributed by atoms with Crippen LogP contribution in [0.2, 0.25) is 0 Å². The van der Waals surface area contributed by atoms with Gasteiger partial charge in [0.1, 0.15) is 5.75 Å². The molecular formula is C12H14O4. The molecule has 0 amide bonds. The van der Waals surface area contributed by atoms with Crippen molar-refractivity contribution in [3.8, 4) is 5.75 Å². The highest BCUT2D eigenvalue weighted by Gasteiger charge is 2.20. The molecule has 86 valence electrons. The van der Waals surface area contributed by atoms with Gasteiger partial charge in [-0.3, -0.25) is 9.59 Å². The summed E-state index contributed by atoms with van der Waals surface area (Å²) in [7, 11) is 1.28. The summed E-state index contributed by atoms with van der Waals surface area (Å²) in [5, 5.41) is 9.48. The normalized spacial score (nSPS) is 11.9. The van der Waals surface area contributed by atoms with Crippen molar-refractivity contribution in [1.29, 1.82) is 0 Å². The second kappa shape index (κ2) is 5.30. The summed E-state index contributed by atoms with van der Waals surface area (Å²) in [6, 6.07) is 6.28. The molecule has 1 aromatic carbocycles. The number of aromatic hydroxyl groups is 1. The summed E-state index contributed by atoms with van der Waals surface area (Å²) >= 11 is 0. The molecule has 1 unspecified atom stereocenters. The highest BCUT2D eigenvalue weighted by atomic mass is 16.5. The Morgan fingerprint density at radius 1 is 1.38 bits per heavy atom. The Morgan fingerprint density at radius 3 is 2.56 bits per heavy atom. The number of para-hydroxylation sites is 1. The van der Waals surface area contributed by atoms with E-state index in [4.69, 9.17) is 0 Å². The summed E-state index contributed by atoms with van der Waals surface area (Å²) in [4.78, 5) is 22.9. The van der Waals surface area contributed by atoms with E-state index in [1.807, 2.05) is 0 Å². The summed E-state index contributed by atoms with van der Waals surface area (Å²) in [6.07, 6.45) is 0.0175. The number of ether oxygens (including phenoxy) is 1. The Bertz CT molecular complexity index is 398. The van der Waals surface area contributed by atoms with Crippen LogP contribution in [-0.4, -0.2) is 24.0 Å². The number of esters is 1. The fraction of sp³-hybridized carbons (Fsp3) is 0.333. The monoisotopic (exact) mass is 222 g/mol. The Hall–Kier alpha value is -1.84. The van der Waals surface area contributed by atoms with E-state index < -0.39 is 11.9 Å². The van der Waals surface area contributed by atoms with Crippen LogP contribution in [0.3, 0.4) is 0 Å². The van der Waals surface area contributed by atoms with Gasteiger partial charge < -0.3 is 9.84 Å². The van der Waals surface area contributed by atoms with Gasteiger partial charge in [-0.25, -0.2) is 0 Å². The van der Waals surface area contributed by atoms with Crippen molar-refractivity contribution >= 4 is 11.8 Å². The minimum Gasteiger partial charge on any atom is -0.507 e. The van der Waals surface area contributed by atoms with Crippen molar-refractivity contribution in [3.63, 3.8) is 0 Å². The fourth-order valence-corrected chi connectivity index (χ4v) is 1.37. The SMILES string of the molecule is COC(=O)CC(C)C(=O)c1ccccc1O. The molecular weight excluding hydrogens is 208 g/mol. The number of hydrogen-bond acceptors (Lipinski definition) is 4. The maximum absolute atomic E-state index is 11.8. The van der Waals surface area contributed by atoms with Crippen molar-refractivity contribution in [2.24, 2.45) is 5.92 Å². The molecule has 0 aliphatic heterocycles. The molecule has 0 radical (unpaired) electrons. The molecule has 0 aromatic heterocycles. The number of ketones is 1. The Labute approximate surface area is 93.9 Å². The molecule has 1 rings (SSSR count). The average molecular weight is 222 g/mol. The first-order valence-corrected chi connectivity index (χ1v) is 4.95. The number of phenolic OH excluding ortho intramolecular Hbond substituents is 1. The van der Waals surface area contributed by atoms with Crippen LogP contribution < -0.4 is 0 Å². The zero-order valence-electron chi connectivity index (χ0n) is 9.27. The number of hydrogen-bond donors (Lipinski definition) is 1. The minimum absolute atomic E-state index is 0.0175. The smallest absolute Gasteiger partial charge is 0.306 e.